The van der Waals surface area contributed by atoms with E-state index >= 15 is 0 Å². The molecular weight excluding hydrogens is 176 g/mol. The molecule has 70 valence electrons. The number of fused-ring (bicyclic) bond motifs is 1. The van der Waals surface area contributed by atoms with Gasteiger partial charge in [0.25, 0.3) is 0 Å². The smallest absolute Gasteiger partial charge is 0.171 e. The first-order valence-corrected chi connectivity index (χ1v) is 4.67. The van der Waals surface area contributed by atoms with Crippen LogP contribution in [0.2, 0.25) is 0 Å². The van der Waals surface area contributed by atoms with Crippen molar-refractivity contribution >= 4 is 11.0 Å². The molecule has 1 aliphatic carbocycles. The fourth-order valence-corrected chi connectivity index (χ4v) is 1.45. The van der Waals surface area contributed by atoms with Crippen LogP contribution in [-0.4, -0.2) is 15.2 Å². The maximum atomic E-state index is 5.99. The quantitative estimate of drug-likeness (QED) is 0.720. The first kappa shape index (κ1) is 7.82. The van der Waals surface area contributed by atoms with Crippen LogP contribution >= 0.6 is 0 Å². The lowest BCUT2D eigenvalue weighted by atomic mass is 10.2. The Balaban J connectivity index is 2.20. The molecule has 0 radical (unpaired) electrons. The zero-order chi connectivity index (χ0) is 9.60. The lowest BCUT2D eigenvalue weighted by Gasteiger charge is -2.05. The van der Waals surface area contributed by atoms with Gasteiger partial charge in [-0.1, -0.05) is 12.1 Å². The van der Waals surface area contributed by atoms with Gasteiger partial charge in [-0.2, -0.15) is 0 Å². The number of rotatable bonds is 1. The van der Waals surface area contributed by atoms with Gasteiger partial charge in [0.15, 0.2) is 5.82 Å². The molecule has 0 unspecified atom stereocenters. The predicted octanol–water partition coefficient (Wildman–Crippen LogP) is 0.973. The van der Waals surface area contributed by atoms with Gasteiger partial charge < -0.3 is 5.73 Å². The van der Waals surface area contributed by atoms with Crippen LogP contribution in [0.4, 0.5) is 0 Å². The van der Waals surface area contributed by atoms with Crippen molar-refractivity contribution in [2.75, 3.05) is 0 Å². The van der Waals surface area contributed by atoms with Gasteiger partial charge in [0, 0.05) is 0 Å². The van der Waals surface area contributed by atoms with Crippen molar-refractivity contribution < 1.29 is 0 Å². The van der Waals surface area contributed by atoms with Crippen molar-refractivity contribution in [1.82, 2.24) is 15.2 Å². The average molecular weight is 186 g/mol. The highest BCUT2D eigenvalue weighted by Gasteiger charge is 2.43. The number of para-hydroxylation sites is 1. The molecule has 0 aliphatic heterocycles. The monoisotopic (exact) mass is 186 g/mol. The highest BCUT2D eigenvalue weighted by atomic mass is 15.2. The second-order valence-corrected chi connectivity index (χ2v) is 3.78. The first-order valence-electron chi connectivity index (χ1n) is 4.67. The molecule has 1 fully saturated rings. The number of nitrogens with two attached hydrogens (primary N) is 1. The van der Waals surface area contributed by atoms with Crippen molar-refractivity contribution in [3.05, 3.63) is 30.1 Å². The SMILES string of the molecule is NC1(c2nnc3ccccc3n2)CC1. The summed E-state index contributed by atoms with van der Waals surface area (Å²) in [6.45, 7) is 0. The van der Waals surface area contributed by atoms with Crippen LogP contribution in [0.3, 0.4) is 0 Å². The topological polar surface area (TPSA) is 64.7 Å². The number of hydrogen-bond donors (Lipinski definition) is 1. The molecule has 1 aromatic carbocycles. The van der Waals surface area contributed by atoms with E-state index in [-0.39, 0.29) is 5.54 Å². The highest BCUT2D eigenvalue weighted by molar-refractivity contribution is 5.73. The molecule has 0 spiro atoms. The third kappa shape index (κ3) is 1.08. The summed E-state index contributed by atoms with van der Waals surface area (Å²) in [6.07, 6.45) is 1.93. The Morgan fingerprint density at radius 2 is 1.79 bits per heavy atom. The third-order valence-corrected chi connectivity index (χ3v) is 2.59. The van der Waals surface area contributed by atoms with Gasteiger partial charge in [-0.3, -0.25) is 0 Å². The Labute approximate surface area is 81.2 Å². The summed E-state index contributed by atoms with van der Waals surface area (Å²) in [4.78, 5) is 4.41. The van der Waals surface area contributed by atoms with E-state index in [2.05, 4.69) is 15.2 Å². The Hall–Kier alpha value is -1.55. The number of nitrogens with zero attached hydrogens (tertiary/aromatic N) is 3. The van der Waals surface area contributed by atoms with Crippen LogP contribution in [-0.2, 0) is 5.54 Å². The molecule has 0 bridgehead atoms. The molecule has 2 aromatic rings. The van der Waals surface area contributed by atoms with E-state index < -0.39 is 0 Å². The van der Waals surface area contributed by atoms with Gasteiger partial charge in [0.1, 0.15) is 5.52 Å². The van der Waals surface area contributed by atoms with Crippen LogP contribution in [0.25, 0.3) is 11.0 Å². The lowest BCUT2D eigenvalue weighted by molar-refractivity contribution is 0.658. The summed E-state index contributed by atoms with van der Waals surface area (Å²) < 4.78 is 0. The molecule has 1 aliphatic rings. The van der Waals surface area contributed by atoms with Crippen molar-refractivity contribution in [1.29, 1.82) is 0 Å². The standard InChI is InChI=1S/C10H10N4/c11-10(5-6-10)9-12-7-3-1-2-4-8(7)13-14-9/h1-4H,5-6,11H2. The van der Waals surface area contributed by atoms with Crippen LogP contribution < -0.4 is 5.73 Å². The molecule has 3 rings (SSSR count). The van der Waals surface area contributed by atoms with Gasteiger partial charge in [0.2, 0.25) is 0 Å². The van der Waals surface area contributed by atoms with Crippen molar-refractivity contribution in [2.45, 2.75) is 18.4 Å². The lowest BCUT2D eigenvalue weighted by Crippen LogP contribution is -2.22. The van der Waals surface area contributed by atoms with Gasteiger partial charge in [-0.05, 0) is 25.0 Å². The number of benzene rings is 1. The van der Waals surface area contributed by atoms with Crippen LogP contribution in [0.1, 0.15) is 18.7 Å². The van der Waals surface area contributed by atoms with Crippen LogP contribution in [0.5, 0.6) is 0 Å². The summed E-state index contributed by atoms with van der Waals surface area (Å²) in [6, 6.07) is 7.69. The molecule has 0 saturated heterocycles. The first-order chi connectivity index (χ1) is 6.78. The van der Waals surface area contributed by atoms with E-state index in [0.29, 0.717) is 5.82 Å². The summed E-state index contributed by atoms with van der Waals surface area (Å²) >= 11 is 0. The van der Waals surface area contributed by atoms with Crippen molar-refractivity contribution in [2.24, 2.45) is 5.73 Å². The maximum absolute atomic E-state index is 5.99. The van der Waals surface area contributed by atoms with Crippen LogP contribution in [0.15, 0.2) is 24.3 Å². The van der Waals surface area contributed by atoms with Gasteiger partial charge in [-0.25, -0.2) is 4.98 Å². The molecule has 2 N–H and O–H groups in total. The Bertz CT molecular complexity index is 490. The second-order valence-electron chi connectivity index (χ2n) is 3.78. The molecule has 4 heteroatoms. The predicted molar refractivity (Wildman–Crippen MR) is 52.4 cm³/mol. The van der Waals surface area contributed by atoms with Gasteiger partial charge in [-0.15, -0.1) is 10.2 Å². The molecule has 1 heterocycles. The molecular formula is C10H10N4. The Morgan fingerprint density at radius 3 is 2.50 bits per heavy atom. The average Bonchev–Trinajstić information content (AvgIpc) is 2.97. The normalized spacial score (nSPS) is 18.4. The maximum Gasteiger partial charge on any atom is 0.171 e. The Morgan fingerprint density at radius 1 is 1.07 bits per heavy atom. The summed E-state index contributed by atoms with van der Waals surface area (Å²) in [5.41, 5.74) is 7.39. The van der Waals surface area contributed by atoms with Crippen molar-refractivity contribution in [3.63, 3.8) is 0 Å². The molecule has 0 amide bonds. The second kappa shape index (κ2) is 2.48. The zero-order valence-corrected chi connectivity index (χ0v) is 7.64. The van der Waals surface area contributed by atoms with Crippen molar-refractivity contribution in [3.8, 4) is 0 Å². The molecule has 14 heavy (non-hydrogen) atoms. The Kier molecular flexibility index (Phi) is 1.39. The minimum atomic E-state index is -0.295. The van der Waals surface area contributed by atoms with Gasteiger partial charge in [0.05, 0.1) is 11.1 Å². The largest absolute Gasteiger partial charge is 0.319 e. The number of aromatic nitrogens is 3. The summed E-state index contributed by atoms with van der Waals surface area (Å²) in [7, 11) is 0. The minimum absolute atomic E-state index is 0.295. The van der Waals surface area contributed by atoms with Gasteiger partial charge >= 0.3 is 0 Å². The third-order valence-electron chi connectivity index (χ3n) is 2.59. The number of hydrogen-bond acceptors (Lipinski definition) is 4. The van der Waals surface area contributed by atoms with E-state index in [1.54, 1.807) is 0 Å². The molecule has 4 nitrogen and oxygen atoms in total. The van der Waals surface area contributed by atoms with E-state index in [9.17, 15) is 0 Å². The van der Waals surface area contributed by atoms with E-state index in [1.165, 1.54) is 0 Å². The van der Waals surface area contributed by atoms with E-state index in [0.717, 1.165) is 23.9 Å². The van der Waals surface area contributed by atoms with Crippen LogP contribution in [0, 0.1) is 0 Å². The molecule has 0 atom stereocenters. The molecule has 1 aromatic heterocycles. The summed E-state index contributed by atoms with van der Waals surface area (Å²) in [5.74, 6) is 0.677. The highest BCUT2D eigenvalue weighted by Crippen LogP contribution is 2.40. The fraction of sp³-hybridized carbons (Fsp3) is 0.300. The van der Waals surface area contributed by atoms with E-state index in [4.69, 9.17) is 5.73 Å². The van der Waals surface area contributed by atoms with E-state index in [1.807, 2.05) is 24.3 Å². The molecule has 1 saturated carbocycles. The zero-order valence-electron chi connectivity index (χ0n) is 7.64. The summed E-state index contributed by atoms with van der Waals surface area (Å²) in [5, 5.41) is 8.15. The minimum Gasteiger partial charge on any atom is -0.319 e. The fourth-order valence-electron chi connectivity index (χ4n) is 1.45.